The Morgan fingerprint density at radius 2 is 1.75 bits per heavy atom. The number of nitrogens with two attached hydrogens (primary N) is 1. The highest BCUT2D eigenvalue weighted by atomic mass is 16.2. The van der Waals surface area contributed by atoms with E-state index in [0.29, 0.717) is 32.4 Å². The van der Waals surface area contributed by atoms with Gasteiger partial charge in [0.1, 0.15) is 6.04 Å². The highest BCUT2D eigenvalue weighted by Crippen LogP contribution is 2.20. The summed E-state index contributed by atoms with van der Waals surface area (Å²) in [5, 5.41) is 9.24. The number of amides is 2. The van der Waals surface area contributed by atoms with Gasteiger partial charge in [0.15, 0.2) is 0 Å². The minimum absolute atomic E-state index is 0.166. The van der Waals surface area contributed by atoms with Crippen molar-refractivity contribution >= 4 is 33.5 Å². The molecule has 0 aliphatic heterocycles. The number of aromatic nitrogens is 1. The summed E-state index contributed by atoms with van der Waals surface area (Å²) >= 11 is 0. The Labute approximate surface area is 187 Å². The Bertz CT molecular complexity index is 1230. The van der Waals surface area contributed by atoms with E-state index in [1.165, 1.54) is 0 Å². The minimum Gasteiger partial charge on any atom is -0.361 e. The third kappa shape index (κ3) is 5.15. The second kappa shape index (κ2) is 10.1. The predicted molar refractivity (Wildman–Crippen MR) is 128 cm³/mol. The Hall–Kier alpha value is -3.64. The highest BCUT2D eigenvalue weighted by Gasteiger charge is 2.22. The Balaban J connectivity index is 1.48. The lowest BCUT2D eigenvalue weighted by molar-refractivity contribution is -0.129. The maximum atomic E-state index is 13.1. The third-order valence-electron chi connectivity index (χ3n) is 5.64. The van der Waals surface area contributed by atoms with Gasteiger partial charge in [-0.15, -0.1) is 0 Å². The van der Waals surface area contributed by atoms with Crippen molar-refractivity contribution in [1.29, 1.82) is 0 Å². The second-order valence-electron chi connectivity index (χ2n) is 7.98. The first-order chi connectivity index (χ1) is 15.6. The molecule has 6 nitrogen and oxygen atoms in total. The molecule has 0 fully saturated rings. The van der Waals surface area contributed by atoms with E-state index in [0.717, 1.165) is 32.8 Å². The topological polar surface area (TPSA) is 100 Å². The maximum absolute atomic E-state index is 13.1. The number of hydrogen-bond acceptors (Lipinski definition) is 3. The van der Waals surface area contributed by atoms with Gasteiger partial charge in [-0.1, -0.05) is 54.6 Å². The molecule has 1 unspecified atom stereocenters. The number of fused-ring (bicyclic) bond motifs is 2. The van der Waals surface area contributed by atoms with Crippen molar-refractivity contribution in [2.24, 2.45) is 5.73 Å². The van der Waals surface area contributed by atoms with E-state index in [1.807, 2.05) is 48.7 Å². The molecule has 5 N–H and O–H groups in total. The van der Waals surface area contributed by atoms with E-state index in [-0.39, 0.29) is 11.8 Å². The molecule has 4 rings (SSSR count). The molecular weight excluding hydrogens is 400 g/mol. The molecular formula is C26H28N4O2. The van der Waals surface area contributed by atoms with Gasteiger partial charge in [0.2, 0.25) is 11.8 Å². The summed E-state index contributed by atoms with van der Waals surface area (Å²) in [6.07, 6.45) is 3.20. The molecule has 1 atom stereocenters. The van der Waals surface area contributed by atoms with Crippen LogP contribution >= 0.6 is 0 Å². The monoisotopic (exact) mass is 428 g/mol. The molecule has 32 heavy (non-hydrogen) atoms. The summed E-state index contributed by atoms with van der Waals surface area (Å²) in [5.74, 6) is -0.370. The maximum Gasteiger partial charge on any atom is 0.243 e. The van der Waals surface area contributed by atoms with E-state index in [9.17, 15) is 9.59 Å². The second-order valence-corrected chi connectivity index (χ2v) is 7.98. The van der Waals surface area contributed by atoms with E-state index >= 15 is 0 Å². The average Bonchev–Trinajstić information content (AvgIpc) is 3.23. The SMILES string of the molecule is NCCCC(=O)NC(Cc1c[nH]c2ccccc12)C(=O)NCc1ccc2ccccc2c1. The van der Waals surface area contributed by atoms with Gasteiger partial charge in [0.25, 0.3) is 0 Å². The first-order valence-electron chi connectivity index (χ1n) is 10.9. The first-order valence-corrected chi connectivity index (χ1v) is 10.9. The fourth-order valence-electron chi connectivity index (χ4n) is 3.92. The fourth-order valence-corrected chi connectivity index (χ4v) is 3.92. The van der Waals surface area contributed by atoms with Gasteiger partial charge in [0, 0.05) is 36.5 Å². The van der Waals surface area contributed by atoms with Crippen LogP contribution in [-0.4, -0.2) is 29.4 Å². The summed E-state index contributed by atoms with van der Waals surface area (Å²) < 4.78 is 0. The standard InChI is InChI=1S/C26H28N4O2/c27-13-5-10-25(31)30-24(15-21-17-28-23-9-4-3-8-22(21)23)26(32)29-16-18-11-12-19-6-1-2-7-20(19)14-18/h1-4,6-9,11-12,14,17,24,28H,5,10,13,15-16,27H2,(H,29,32)(H,30,31). The summed E-state index contributed by atoms with van der Waals surface area (Å²) in [7, 11) is 0. The summed E-state index contributed by atoms with van der Waals surface area (Å²) in [6.45, 7) is 0.835. The fraction of sp³-hybridized carbons (Fsp3) is 0.231. The molecule has 1 heterocycles. The van der Waals surface area contributed by atoms with Crippen molar-refractivity contribution in [3.63, 3.8) is 0 Å². The molecule has 164 valence electrons. The molecule has 6 heteroatoms. The number of nitrogens with one attached hydrogen (secondary N) is 3. The molecule has 1 aromatic heterocycles. The van der Waals surface area contributed by atoms with E-state index < -0.39 is 6.04 Å². The molecule has 0 spiro atoms. The van der Waals surface area contributed by atoms with E-state index in [1.54, 1.807) is 0 Å². The van der Waals surface area contributed by atoms with Crippen LogP contribution in [0.5, 0.6) is 0 Å². The Morgan fingerprint density at radius 3 is 2.59 bits per heavy atom. The number of benzene rings is 3. The summed E-state index contributed by atoms with van der Waals surface area (Å²) in [6, 6.07) is 21.5. The summed E-state index contributed by atoms with van der Waals surface area (Å²) in [4.78, 5) is 28.7. The van der Waals surface area contributed by atoms with Gasteiger partial charge in [-0.3, -0.25) is 9.59 Å². The minimum atomic E-state index is -0.667. The van der Waals surface area contributed by atoms with Crippen molar-refractivity contribution in [1.82, 2.24) is 15.6 Å². The highest BCUT2D eigenvalue weighted by molar-refractivity contribution is 5.90. The zero-order valence-corrected chi connectivity index (χ0v) is 17.9. The van der Waals surface area contributed by atoms with Gasteiger partial charge in [0.05, 0.1) is 0 Å². The van der Waals surface area contributed by atoms with Crippen LogP contribution in [-0.2, 0) is 22.6 Å². The van der Waals surface area contributed by atoms with Crippen LogP contribution in [0, 0.1) is 0 Å². The largest absolute Gasteiger partial charge is 0.361 e. The van der Waals surface area contributed by atoms with Crippen molar-refractivity contribution in [2.45, 2.75) is 31.8 Å². The molecule has 0 radical (unpaired) electrons. The molecule has 3 aromatic carbocycles. The number of H-pyrrole nitrogens is 1. The van der Waals surface area contributed by atoms with Crippen LogP contribution in [0.3, 0.4) is 0 Å². The average molecular weight is 429 g/mol. The molecule has 0 aliphatic carbocycles. The predicted octanol–water partition coefficient (Wildman–Crippen LogP) is 3.40. The quantitative estimate of drug-likeness (QED) is 0.329. The van der Waals surface area contributed by atoms with Gasteiger partial charge in [-0.2, -0.15) is 0 Å². The van der Waals surface area contributed by atoms with Gasteiger partial charge < -0.3 is 21.4 Å². The van der Waals surface area contributed by atoms with Crippen LogP contribution in [0.25, 0.3) is 21.7 Å². The van der Waals surface area contributed by atoms with Crippen LogP contribution in [0.1, 0.15) is 24.0 Å². The number of carbonyl (C=O) groups excluding carboxylic acids is 2. The smallest absolute Gasteiger partial charge is 0.243 e. The van der Waals surface area contributed by atoms with E-state index in [4.69, 9.17) is 5.73 Å². The van der Waals surface area contributed by atoms with Gasteiger partial charge in [-0.05, 0) is 47.0 Å². The number of aromatic amines is 1. The third-order valence-corrected chi connectivity index (χ3v) is 5.64. The lowest BCUT2D eigenvalue weighted by atomic mass is 10.0. The Morgan fingerprint density at radius 1 is 0.969 bits per heavy atom. The zero-order valence-electron chi connectivity index (χ0n) is 17.9. The molecule has 0 bridgehead atoms. The van der Waals surface area contributed by atoms with Gasteiger partial charge >= 0.3 is 0 Å². The van der Waals surface area contributed by atoms with Crippen molar-refractivity contribution in [3.05, 3.63) is 84.1 Å². The number of rotatable bonds is 9. The van der Waals surface area contributed by atoms with Crippen molar-refractivity contribution < 1.29 is 9.59 Å². The van der Waals surface area contributed by atoms with Crippen molar-refractivity contribution in [2.75, 3.05) is 6.54 Å². The lowest BCUT2D eigenvalue weighted by Gasteiger charge is -2.19. The number of para-hydroxylation sites is 1. The first kappa shape index (κ1) is 21.6. The molecule has 0 saturated carbocycles. The van der Waals surface area contributed by atoms with Crippen LogP contribution < -0.4 is 16.4 Å². The van der Waals surface area contributed by atoms with Gasteiger partial charge in [-0.25, -0.2) is 0 Å². The van der Waals surface area contributed by atoms with Crippen molar-refractivity contribution in [3.8, 4) is 0 Å². The number of carbonyl (C=O) groups is 2. The lowest BCUT2D eigenvalue weighted by Crippen LogP contribution is -2.47. The molecule has 2 amide bonds. The van der Waals surface area contributed by atoms with Crippen LogP contribution in [0.4, 0.5) is 0 Å². The van der Waals surface area contributed by atoms with Crippen LogP contribution in [0.15, 0.2) is 72.9 Å². The summed E-state index contributed by atoms with van der Waals surface area (Å²) in [5.41, 5.74) is 8.54. The zero-order chi connectivity index (χ0) is 22.3. The Kier molecular flexibility index (Phi) is 6.82. The number of hydrogen-bond donors (Lipinski definition) is 4. The van der Waals surface area contributed by atoms with E-state index in [2.05, 4.69) is 39.9 Å². The normalized spacial score (nSPS) is 12.0. The van der Waals surface area contributed by atoms with Crippen LogP contribution in [0.2, 0.25) is 0 Å². The molecule has 0 aliphatic rings. The molecule has 4 aromatic rings. The molecule has 0 saturated heterocycles.